The van der Waals surface area contributed by atoms with Crippen LogP contribution >= 0.6 is 0 Å². The van der Waals surface area contributed by atoms with E-state index in [1.165, 1.54) is 0 Å². The highest BCUT2D eigenvalue weighted by molar-refractivity contribution is 5.83. The van der Waals surface area contributed by atoms with Gasteiger partial charge in [0.2, 0.25) is 0 Å². The molecule has 2 N–H and O–H groups in total. The highest BCUT2D eigenvalue weighted by Gasteiger charge is 2.15. The summed E-state index contributed by atoms with van der Waals surface area (Å²) in [6, 6.07) is 8.15. The van der Waals surface area contributed by atoms with Crippen molar-refractivity contribution < 1.29 is 9.53 Å². The third-order valence-corrected chi connectivity index (χ3v) is 5.51. The largest absolute Gasteiger partial charge is 0.378 e. The lowest BCUT2D eigenvalue weighted by atomic mass is 9.99. The van der Waals surface area contributed by atoms with Crippen molar-refractivity contribution in [3.05, 3.63) is 83.3 Å². The van der Waals surface area contributed by atoms with E-state index in [1.54, 1.807) is 6.21 Å². The zero-order chi connectivity index (χ0) is 25.5. The van der Waals surface area contributed by atoms with Crippen LogP contribution in [0.2, 0.25) is 0 Å². The SMILES string of the molecule is C=C(/C=N/Nc1ccccc1N1CCOCC1)/C=C(\C=C/C)C1=CCC(C=O)=C(CCC)N1.CC. The molecule has 0 atom stereocenters. The van der Waals surface area contributed by atoms with E-state index in [0.29, 0.717) is 6.42 Å². The van der Waals surface area contributed by atoms with Crippen molar-refractivity contribution in [2.45, 2.75) is 47.0 Å². The van der Waals surface area contributed by atoms with E-state index < -0.39 is 0 Å². The van der Waals surface area contributed by atoms with Gasteiger partial charge in [0.1, 0.15) is 6.29 Å². The minimum atomic E-state index is 0.635. The fourth-order valence-electron chi connectivity index (χ4n) is 3.88. The van der Waals surface area contributed by atoms with Crippen LogP contribution in [0.1, 0.15) is 47.0 Å². The molecule has 6 heteroatoms. The van der Waals surface area contributed by atoms with Crippen LogP contribution in [0.25, 0.3) is 0 Å². The van der Waals surface area contributed by atoms with Crippen molar-refractivity contribution in [1.82, 2.24) is 5.32 Å². The number of rotatable bonds is 10. The number of morpholine rings is 1. The van der Waals surface area contributed by atoms with Crippen LogP contribution in [0.15, 0.2) is 88.4 Å². The summed E-state index contributed by atoms with van der Waals surface area (Å²) >= 11 is 0. The van der Waals surface area contributed by atoms with Crippen LogP contribution in [0.5, 0.6) is 0 Å². The van der Waals surface area contributed by atoms with Crippen LogP contribution in [0, 0.1) is 0 Å². The maximum atomic E-state index is 11.4. The molecule has 188 valence electrons. The fraction of sp³-hybridized carbons (Fsp3) is 0.379. The van der Waals surface area contributed by atoms with E-state index >= 15 is 0 Å². The molecule has 0 spiro atoms. The summed E-state index contributed by atoms with van der Waals surface area (Å²) in [7, 11) is 0. The van der Waals surface area contributed by atoms with E-state index in [9.17, 15) is 4.79 Å². The first kappa shape index (κ1) is 27.9. The van der Waals surface area contributed by atoms with Gasteiger partial charge in [-0.05, 0) is 49.1 Å². The molecule has 6 nitrogen and oxygen atoms in total. The molecule has 35 heavy (non-hydrogen) atoms. The topological polar surface area (TPSA) is 66.0 Å². The summed E-state index contributed by atoms with van der Waals surface area (Å²) in [5.41, 5.74) is 9.82. The molecular weight excluding hydrogens is 436 g/mol. The lowest BCUT2D eigenvalue weighted by Crippen LogP contribution is -2.36. The van der Waals surface area contributed by atoms with E-state index in [2.05, 4.69) is 46.4 Å². The van der Waals surface area contributed by atoms with Gasteiger partial charge in [0.15, 0.2) is 0 Å². The lowest BCUT2D eigenvalue weighted by molar-refractivity contribution is -0.105. The number of para-hydroxylation sites is 2. The highest BCUT2D eigenvalue weighted by atomic mass is 16.5. The van der Waals surface area contributed by atoms with Gasteiger partial charge < -0.3 is 15.0 Å². The molecular formula is C29H40N4O2. The van der Waals surface area contributed by atoms with Crippen molar-refractivity contribution in [2.24, 2.45) is 5.10 Å². The van der Waals surface area contributed by atoms with Crippen LogP contribution in [-0.4, -0.2) is 38.8 Å². The predicted molar refractivity (Wildman–Crippen MR) is 149 cm³/mol. The van der Waals surface area contributed by atoms with Crippen molar-refractivity contribution in [1.29, 1.82) is 0 Å². The number of aldehydes is 1. The molecule has 2 aliphatic heterocycles. The number of carbonyl (C=O) groups excluding carboxylic acids is 1. The summed E-state index contributed by atoms with van der Waals surface area (Å²) in [6.07, 6.45) is 13.2. The molecule has 0 aromatic heterocycles. The molecule has 0 saturated carbocycles. The van der Waals surface area contributed by atoms with E-state index in [-0.39, 0.29) is 0 Å². The van der Waals surface area contributed by atoms with Crippen LogP contribution in [-0.2, 0) is 9.53 Å². The molecule has 0 amide bonds. The Balaban J connectivity index is 0.00000210. The quantitative estimate of drug-likeness (QED) is 0.184. The molecule has 0 unspecified atom stereocenters. The standard InChI is InChI=1S/C27H34N4O2.C2H6/c1-4-8-22(25-13-12-23(20-32)24(29-25)9-5-2)18-21(3)19-28-30-26-10-6-7-11-27(26)31-14-16-33-17-15-31;1-2/h4,6-8,10-11,13,18-20,29-30H,3,5,9,12,14-17H2,1-2H3;1-2H3/b8-4-,22-18+,28-19+;. The van der Waals surface area contributed by atoms with Gasteiger partial charge in [-0.3, -0.25) is 10.2 Å². The molecule has 3 rings (SSSR count). The van der Waals surface area contributed by atoms with Crippen molar-refractivity contribution in [3.63, 3.8) is 0 Å². The summed E-state index contributed by atoms with van der Waals surface area (Å²) in [5, 5.41) is 7.87. The van der Waals surface area contributed by atoms with Gasteiger partial charge >= 0.3 is 0 Å². The summed E-state index contributed by atoms with van der Waals surface area (Å²) in [6.45, 7) is 15.5. The number of hydrogen-bond acceptors (Lipinski definition) is 6. The third kappa shape index (κ3) is 8.41. The van der Waals surface area contributed by atoms with Crippen molar-refractivity contribution in [3.8, 4) is 0 Å². The second-order valence-corrected chi connectivity index (χ2v) is 7.98. The van der Waals surface area contributed by atoms with E-state index in [4.69, 9.17) is 4.74 Å². The number of allylic oxidation sites excluding steroid dienone is 7. The van der Waals surface area contributed by atoms with Gasteiger partial charge in [0.05, 0.1) is 30.8 Å². The number of benzene rings is 1. The van der Waals surface area contributed by atoms with Crippen LogP contribution in [0.3, 0.4) is 0 Å². The van der Waals surface area contributed by atoms with Gasteiger partial charge in [-0.2, -0.15) is 5.10 Å². The Bertz CT molecular complexity index is 996. The number of hydrogen-bond donors (Lipinski definition) is 2. The Hall–Kier alpha value is -3.38. The zero-order valence-corrected chi connectivity index (χ0v) is 21.6. The number of anilines is 2. The van der Waals surface area contributed by atoms with Gasteiger partial charge in [-0.1, -0.05) is 64.1 Å². The van der Waals surface area contributed by atoms with Gasteiger partial charge in [-0.15, -0.1) is 0 Å². The molecule has 1 aromatic carbocycles. The molecule has 1 saturated heterocycles. The van der Waals surface area contributed by atoms with Gasteiger partial charge in [-0.25, -0.2) is 0 Å². The molecule has 1 aromatic rings. The smallest absolute Gasteiger partial charge is 0.148 e. The third-order valence-electron chi connectivity index (χ3n) is 5.51. The second-order valence-electron chi connectivity index (χ2n) is 7.98. The Morgan fingerprint density at radius 2 is 2.00 bits per heavy atom. The van der Waals surface area contributed by atoms with Crippen molar-refractivity contribution in [2.75, 3.05) is 36.6 Å². The van der Waals surface area contributed by atoms with Crippen molar-refractivity contribution >= 4 is 23.9 Å². The van der Waals surface area contributed by atoms with Crippen LogP contribution in [0.4, 0.5) is 11.4 Å². The first-order chi connectivity index (χ1) is 17.2. The van der Waals surface area contributed by atoms with Gasteiger partial charge in [0, 0.05) is 30.1 Å². The number of carbonyl (C=O) groups is 1. The minimum absolute atomic E-state index is 0.635. The highest BCUT2D eigenvalue weighted by Crippen LogP contribution is 2.26. The first-order valence-corrected chi connectivity index (χ1v) is 12.5. The monoisotopic (exact) mass is 476 g/mol. The van der Waals surface area contributed by atoms with E-state index in [1.807, 2.05) is 57.2 Å². The molecule has 0 bridgehead atoms. The first-order valence-electron chi connectivity index (χ1n) is 12.5. The number of hydrazone groups is 1. The number of nitrogens with one attached hydrogen (secondary N) is 2. The fourth-order valence-corrected chi connectivity index (χ4v) is 3.88. The molecule has 0 aliphatic carbocycles. The maximum Gasteiger partial charge on any atom is 0.148 e. The predicted octanol–water partition coefficient (Wildman–Crippen LogP) is 6.14. The second kappa shape index (κ2) is 15.5. The average Bonchev–Trinajstić information content (AvgIpc) is 2.90. The lowest BCUT2D eigenvalue weighted by Gasteiger charge is -2.30. The summed E-state index contributed by atoms with van der Waals surface area (Å²) < 4.78 is 5.47. The minimum Gasteiger partial charge on any atom is -0.378 e. The van der Waals surface area contributed by atoms with Crippen LogP contribution < -0.4 is 15.6 Å². The number of ether oxygens (including phenoxy) is 1. The maximum absolute atomic E-state index is 11.4. The average molecular weight is 477 g/mol. The number of nitrogens with zero attached hydrogens (tertiary/aromatic N) is 2. The molecule has 1 fully saturated rings. The number of dihydropyridines is 1. The normalized spacial score (nSPS) is 16.5. The van der Waals surface area contributed by atoms with E-state index in [0.717, 1.165) is 84.9 Å². The Labute approximate surface area is 210 Å². The molecule has 2 heterocycles. The Kier molecular flexibility index (Phi) is 12.3. The van der Waals surface area contributed by atoms with Gasteiger partial charge in [0.25, 0.3) is 0 Å². The molecule has 0 radical (unpaired) electrons. The Morgan fingerprint density at radius 3 is 2.69 bits per heavy atom. The summed E-state index contributed by atoms with van der Waals surface area (Å²) in [4.78, 5) is 13.7. The summed E-state index contributed by atoms with van der Waals surface area (Å²) in [5.74, 6) is 0. The molecule has 2 aliphatic rings. The Morgan fingerprint density at radius 1 is 1.26 bits per heavy atom. The zero-order valence-electron chi connectivity index (χ0n) is 21.6.